The number of para-hydroxylation sites is 1. The van der Waals surface area contributed by atoms with Crippen molar-refractivity contribution in [3.05, 3.63) is 99.8 Å². The molecule has 0 saturated carbocycles. The number of halogens is 3. The van der Waals surface area contributed by atoms with Gasteiger partial charge in [-0.15, -0.1) is 0 Å². The lowest BCUT2D eigenvalue weighted by molar-refractivity contribution is -0.141. The predicted octanol–water partition coefficient (Wildman–Crippen LogP) is 6.23. The van der Waals surface area contributed by atoms with Gasteiger partial charge in [-0.1, -0.05) is 78.7 Å². The molecule has 3 aromatic rings. The maximum absolute atomic E-state index is 14.5. The largest absolute Gasteiger partial charge is 0.352 e. The Hall–Kier alpha value is -3.14. The highest BCUT2D eigenvalue weighted by molar-refractivity contribution is 7.92. The summed E-state index contributed by atoms with van der Waals surface area (Å²) in [5.74, 6) is -1.34. The van der Waals surface area contributed by atoms with Gasteiger partial charge in [0.25, 0.3) is 0 Å². The first-order valence-corrected chi connectivity index (χ1v) is 16.3. The van der Waals surface area contributed by atoms with E-state index in [1.165, 1.54) is 23.1 Å². The maximum atomic E-state index is 14.5. The van der Waals surface area contributed by atoms with E-state index in [2.05, 4.69) is 5.32 Å². The van der Waals surface area contributed by atoms with E-state index in [1.807, 2.05) is 44.2 Å². The van der Waals surface area contributed by atoms with Crippen molar-refractivity contribution in [2.75, 3.05) is 17.1 Å². The molecule has 226 valence electrons. The Balaban J connectivity index is 1.92. The van der Waals surface area contributed by atoms with Gasteiger partial charge >= 0.3 is 0 Å². The average molecular weight is 637 g/mol. The number of nitrogens with one attached hydrogen (secondary N) is 1. The van der Waals surface area contributed by atoms with Gasteiger partial charge in [-0.05, 0) is 55.2 Å². The number of amides is 2. The van der Waals surface area contributed by atoms with Crippen LogP contribution >= 0.6 is 23.2 Å². The summed E-state index contributed by atoms with van der Waals surface area (Å²) in [7, 11) is -3.83. The van der Waals surface area contributed by atoms with Crippen LogP contribution in [0.25, 0.3) is 0 Å². The lowest BCUT2D eigenvalue weighted by atomic mass is 10.0. The highest BCUT2D eigenvalue weighted by Gasteiger charge is 2.31. The molecule has 0 unspecified atom stereocenters. The molecule has 2 amide bonds. The van der Waals surface area contributed by atoms with Gasteiger partial charge in [0, 0.05) is 32.0 Å². The third kappa shape index (κ3) is 9.44. The second-order valence-electron chi connectivity index (χ2n) is 10.2. The van der Waals surface area contributed by atoms with Gasteiger partial charge in [0.15, 0.2) is 0 Å². The number of carbonyl (C=O) groups is 2. The number of benzene rings is 3. The molecule has 0 aliphatic rings. The second-order valence-corrected chi connectivity index (χ2v) is 12.9. The summed E-state index contributed by atoms with van der Waals surface area (Å²) in [6.45, 7) is 3.81. The third-order valence-electron chi connectivity index (χ3n) is 6.88. The molecule has 0 fully saturated rings. The van der Waals surface area contributed by atoms with E-state index >= 15 is 0 Å². The smallest absolute Gasteiger partial charge is 0.243 e. The number of nitrogens with zero attached hydrogens (tertiary/aromatic N) is 2. The van der Waals surface area contributed by atoms with Crippen LogP contribution in [0.15, 0.2) is 72.8 Å². The SMILES string of the molecule is CC[C@@H](C)NC(=O)[C@H](Cc1ccccc1)N(Cc1ccc(Cl)c(Cl)c1)C(=O)CCCN(c1ccccc1F)S(C)(=O)=O. The second kappa shape index (κ2) is 15.4. The minimum Gasteiger partial charge on any atom is -0.352 e. The van der Waals surface area contributed by atoms with Crippen LogP contribution in [-0.4, -0.2) is 50.0 Å². The van der Waals surface area contributed by atoms with Crippen molar-refractivity contribution in [2.45, 2.75) is 58.2 Å². The molecule has 42 heavy (non-hydrogen) atoms. The number of carbonyl (C=O) groups excluding carboxylic acids is 2. The normalized spacial score (nSPS) is 12.8. The van der Waals surface area contributed by atoms with Gasteiger partial charge in [-0.2, -0.15) is 0 Å². The lowest BCUT2D eigenvalue weighted by Gasteiger charge is -2.33. The molecule has 3 aromatic carbocycles. The van der Waals surface area contributed by atoms with Crippen molar-refractivity contribution in [1.29, 1.82) is 0 Å². The fourth-order valence-electron chi connectivity index (χ4n) is 4.47. The molecule has 0 radical (unpaired) electrons. The standard InChI is InChI=1S/C31H36Cl2FN3O4S/c1-4-22(2)35-31(39)29(20-23-11-6-5-7-12-23)36(21-24-16-17-25(32)26(33)19-24)30(38)15-10-18-37(42(3,40)41)28-14-9-8-13-27(28)34/h5-9,11-14,16-17,19,22,29H,4,10,15,18,20-21H2,1-3H3,(H,35,39)/t22-,29+/m1/s1. The van der Waals surface area contributed by atoms with Gasteiger partial charge in [-0.3, -0.25) is 13.9 Å². The van der Waals surface area contributed by atoms with E-state index in [0.29, 0.717) is 22.0 Å². The van der Waals surface area contributed by atoms with Gasteiger partial charge in [0.2, 0.25) is 21.8 Å². The third-order valence-corrected chi connectivity index (χ3v) is 8.80. The molecule has 0 spiro atoms. The van der Waals surface area contributed by atoms with Crippen molar-refractivity contribution in [2.24, 2.45) is 0 Å². The van der Waals surface area contributed by atoms with E-state index < -0.39 is 21.9 Å². The molecule has 2 atom stereocenters. The molecule has 7 nitrogen and oxygen atoms in total. The first-order valence-electron chi connectivity index (χ1n) is 13.7. The van der Waals surface area contributed by atoms with Crippen LogP contribution < -0.4 is 9.62 Å². The highest BCUT2D eigenvalue weighted by Crippen LogP contribution is 2.26. The first-order chi connectivity index (χ1) is 19.9. The Morgan fingerprint density at radius 1 is 0.952 bits per heavy atom. The van der Waals surface area contributed by atoms with E-state index in [4.69, 9.17) is 23.2 Å². The Kier molecular flexibility index (Phi) is 12.2. The molecular weight excluding hydrogens is 600 g/mol. The molecule has 11 heteroatoms. The Morgan fingerprint density at radius 2 is 1.62 bits per heavy atom. The summed E-state index contributed by atoms with van der Waals surface area (Å²) in [6.07, 6.45) is 1.99. The zero-order valence-electron chi connectivity index (χ0n) is 23.9. The molecule has 0 bridgehead atoms. The van der Waals surface area contributed by atoms with Crippen LogP contribution in [0.3, 0.4) is 0 Å². The molecule has 0 heterocycles. The fraction of sp³-hybridized carbons (Fsp3) is 0.355. The molecule has 0 aliphatic carbocycles. The van der Waals surface area contributed by atoms with E-state index in [9.17, 15) is 22.4 Å². The summed E-state index contributed by atoms with van der Waals surface area (Å²) in [4.78, 5) is 29.0. The van der Waals surface area contributed by atoms with Gasteiger partial charge < -0.3 is 10.2 Å². The highest BCUT2D eigenvalue weighted by atomic mass is 35.5. The summed E-state index contributed by atoms with van der Waals surface area (Å²) in [6, 6.07) is 19.0. The predicted molar refractivity (Wildman–Crippen MR) is 167 cm³/mol. The number of anilines is 1. The Morgan fingerprint density at radius 3 is 2.24 bits per heavy atom. The van der Waals surface area contributed by atoms with Gasteiger partial charge in [0.1, 0.15) is 11.9 Å². The van der Waals surface area contributed by atoms with Gasteiger partial charge in [-0.25, -0.2) is 12.8 Å². The van der Waals surface area contributed by atoms with Crippen LogP contribution in [0.5, 0.6) is 0 Å². The van der Waals surface area contributed by atoms with Gasteiger partial charge in [0.05, 0.1) is 22.0 Å². The van der Waals surface area contributed by atoms with E-state index in [0.717, 1.165) is 16.1 Å². The molecule has 0 saturated heterocycles. The van der Waals surface area contributed by atoms with Crippen LogP contribution in [0.4, 0.5) is 10.1 Å². The molecule has 0 aromatic heterocycles. The van der Waals surface area contributed by atoms with E-state index in [1.54, 1.807) is 24.3 Å². The van der Waals surface area contributed by atoms with E-state index in [-0.39, 0.29) is 55.9 Å². The van der Waals surface area contributed by atoms with Crippen molar-refractivity contribution in [3.8, 4) is 0 Å². The summed E-state index contributed by atoms with van der Waals surface area (Å²) < 4.78 is 40.5. The lowest BCUT2D eigenvalue weighted by Crippen LogP contribution is -2.52. The molecule has 3 rings (SSSR count). The summed E-state index contributed by atoms with van der Waals surface area (Å²) >= 11 is 12.4. The Bertz CT molecular complexity index is 1470. The van der Waals surface area contributed by atoms with Crippen molar-refractivity contribution in [3.63, 3.8) is 0 Å². The van der Waals surface area contributed by atoms with Crippen molar-refractivity contribution >= 4 is 50.7 Å². The first kappa shape index (κ1) is 33.4. The monoisotopic (exact) mass is 635 g/mol. The number of rotatable bonds is 14. The van der Waals surface area contributed by atoms with Crippen LogP contribution in [0.1, 0.15) is 44.2 Å². The Labute approximate surface area is 257 Å². The minimum absolute atomic E-state index is 0.0737. The van der Waals surface area contributed by atoms with Crippen LogP contribution in [-0.2, 0) is 32.6 Å². The number of hydrogen-bond donors (Lipinski definition) is 1. The van der Waals surface area contributed by atoms with Crippen LogP contribution in [0.2, 0.25) is 10.0 Å². The quantitative estimate of drug-likeness (QED) is 0.227. The summed E-state index contributed by atoms with van der Waals surface area (Å²) in [5.41, 5.74) is 1.46. The molecule has 0 aliphatic heterocycles. The number of sulfonamides is 1. The minimum atomic E-state index is -3.83. The molecule has 1 N–H and O–H groups in total. The van der Waals surface area contributed by atoms with Crippen molar-refractivity contribution in [1.82, 2.24) is 10.2 Å². The topological polar surface area (TPSA) is 86.8 Å². The maximum Gasteiger partial charge on any atom is 0.243 e. The zero-order chi connectivity index (χ0) is 30.9. The zero-order valence-corrected chi connectivity index (χ0v) is 26.2. The average Bonchev–Trinajstić information content (AvgIpc) is 2.95. The summed E-state index contributed by atoms with van der Waals surface area (Å²) in [5, 5.41) is 3.69. The van der Waals surface area contributed by atoms with Crippen LogP contribution in [0, 0.1) is 5.82 Å². The number of hydrogen-bond acceptors (Lipinski definition) is 4. The van der Waals surface area contributed by atoms with Crippen molar-refractivity contribution < 1.29 is 22.4 Å². The fourth-order valence-corrected chi connectivity index (χ4v) is 5.75. The molecular formula is C31H36Cl2FN3O4S.